The summed E-state index contributed by atoms with van der Waals surface area (Å²) in [6.45, 7) is 10.6. The Morgan fingerprint density at radius 1 is 1.42 bits per heavy atom. The molecule has 2 fully saturated rings. The zero-order chi connectivity index (χ0) is 19.4. The van der Waals surface area contributed by atoms with Crippen molar-refractivity contribution in [3.63, 3.8) is 0 Å². The van der Waals surface area contributed by atoms with Gasteiger partial charge in [0.1, 0.15) is 18.3 Å². The predicted octanol–water partition coefficient (Wildman–Crippen LogP) is 1.23. The Bertz CT molecular complexity index is 681. The van der Waals surface area contributed by atoms with Gasteiger partial charge in [-0.2, -0.15) is 0 Å². The van der Waals surface area contributed by atoms with Crippen LogP contribution >= 0.6 is 0 Å². The van der Waals surface area contributed by atoms with E-state index in [2.05, 4.69) is 6.58 Å². The highest BCUT2D eigenvalue weighted by Crippen LogP contribution is 2.47. The molecule has 0 unspecified atom stereocenters. The lowest BCUT2D eigenvalue weighted by Crippen LogP contribution is -2.41. The first kappa shape index (κ1) is 19.1. The maximum absolute atomic E-state index is 12.2. The second-order valence-corrected chi connectivity index (χ2v) is 8.07. The summed E-state index contributed by atoms with van der Waals surface area (Å²) in [7, 11) is 0. The van der Waals surface area contributed by atoms with Crippen molar-refractivity contribution in [2.45, 2.75) is 70.2 Å². The summed E-state index contributed by atoms with van der Waals surface area (Å²) in [5, 5.41) is 21.2. The molecule has 0 amide bonds. The molecule has 3 aliphatic rings. The molecule has 0 radical (unpaired) electrons. The topological polar surface area (TPSA) is 102 Å². The van der Waals surface area contributed by atoms with Crippen LogP contribution in [0.4, 0.5) is 0 Å². The minimum atomic E-state index is -1.87. The number of aliphatic hydroxyl groups excluding tert-OH is 1. The Kier molecular flexibility index (Phi) is 4.53. The predicted molar refractivity (Wildman–Crippen MR) is 90.7 cm³/mol. The Morgan fingerprint density at radius 2 is 2.08 bits per heavy atom. The molecule has 0 aromatic heterocycles. The largest absolute Gasteiger partial charge is 0.461 e. The van der Waals surface area contributed by atoms with Crippen LogP contribution in [0.2, 0.25) is 0 Å². The van der Waals surface area contributed by atoms with Crippen LogP contribution in [0.1, 0.15) is 40.5 Å². The van der Waals surface area contributed by atoms with E-state index >= 15 is 0 Å². The molecule has 2 saturated heterocycles. The summed E-state index contributed by atoms with van der Waals surface area (Å²) in [4.78, 5) is 24.3. The van der Waals surface area contributed by atoms with E-state index in [0.29, 0.717) is 5.57 Å². The van der Waals surface area contributed by atoms with Crippen LogP contribution in [0.5, 0.6) is 0 Å². The molecule has 3 aliphatic heterocycles. The van der Waals surface area contributed by atoms with Crippen LogP contribution in [-0.2, 0) is 23.8 Å². The molecule has 2 bridgehead atoms. The minimum absolute atomic E-state index is 0.170. The molecule has 7 heteroatoms. The molecule has 0 aromatic carbocycles. The number of ether oxygens (including phenoxy) is 3. The van der Waals surface area contributed by atoms with E-state index in [4.69, 9.17) is 14.2 Å². The molecule has 0 saturated carbocycles. The Morgan fingerprint density at radius 3 is 2.69 bits per heavy atom. The smallest absolute Gasteiger partial charge is 0.334 e. The van der Waals surface area contributed by atoms with Crippen molar-refractivity contribution >= 4 is 11.9 Å². The van der Waals surface area contributed by atoms with Gasteiger partial charge in [-0.3, -0.25) is 4.79 Å². The van der Waals surface area contributed by atoms with Gasteiger partial charge in [0, 0.05) is 18.4 Å². The zero-order valence-electron chi connectivity index (χ0n) is 15.5. The maximum atomic E-state index is 12.2. The number of esters is 2. The molecule has 144 valence electrons. The number of hydrogen-bond acceptors (Lipinski definition) is 7. The highest BCUT2D eigenvalue weighted by Gasteiger charge is 2.58. The van der Waals surface area contributed by atoms with Crippen LogP contribution in [0.3, 0.4) is 0 Å². The summed E-state index contributed by atoms with van der Waals surface area (Å²) in [5.74, 6) is -3.74. The third-order valence-corrected chi connectivity index (χ3v) is 5.49. The van der Waals surface area contributed by atoms with Gasteiger partial charge in [-0.05, 0) is 25.5 Å². The maximum Gasteiger partial charge on any atom is 0.334 e. The van der Waals surface area contributed by atoms with E-state index in [1.165, 1.54) is 0 Å². The van der Waals surface area contributed by atoms with Crippen LogP contribution in [0.15, 0.2) is 23.8 Å². The Labute approximate surface area is 152 Å². The van der Waals surface area contributed by atoms with Gasteiger partial charge in [0.15, 0.2) is 0 Å². The molecular formula is C19H26O7. The first-order chi connectivity index (χ1) is 12.0. The number of carbonyl (C=O) groups is 2. The lowest BCUT2D eigenvalue weighted by molar-refractivity contribution is -0.226. The second kappa shape index (κ2) is 6.18. The van der Waals surface area contributed by atoms with E-state index in [9.17, 15) is 19.8 Å². The van der Waals surface area contributed by atoms with Gasteiger partial charge in [-0.15, -0.1) is 0 Å². The highest BCUT2D eigenvalue weighted by molar-refractivity contribution is 5.91. The monoisotopic (exact) mass is 366 g/mol. The fourth-order valence-corrected chi connectivity index (χ4v) is 4.00. The van der Waals surface area contributed by atoms with Crippen LogP contribution in [0.25, 0.3) is 0 Å². The molecule has 0 aromatic rings. The fourth-order valence-electron chi connectivity index (χ4n) is 4.00. The molecule has 3 rings (SSSR count). The molecule has 6 atom stereocenters. The Balaban J connectivity index is 2.06. The summed E-state index contributed by atoms with van der Waals surface area (Å²) >= 11 is 0. The van der Waals surface area contributed by atoms with E-state index in [1.807, 2.05) is 0 Å². The minimum Gasteiger partial charge on any atom is -0.461 e. The van der Waals surface area contributed by atoms with Gasteiger partial charge in [-0.1, -0.05) is 20.4 Å². The van der Waals surface area contributed by atoms with Crippen LogP contribution in [-0.4, -0.2) is 51.9 Å². The van der Waals surface area contributed by atoms with Crippen molar-refractivity contribution in [2.24, 2.45) is 11.8 Å². The van der Waals surface area contributed by atoms with Crippen LogP contribution in [0, 0.1) is 11.8 Å². The van der Waals surface area contributed by atoms with E-state index < -0.39 is 47.6 Å². The average molecular weight is 366 g/mol. The lowest BCUT2D eigenvalue weighted by atomic mass is 9.81. The SMILES string of the molecule is C=C1C(=O)O[C@@H]2C=C(C)[C@]3(O)O[C@](C)(C[C@@H](OC(=O)C(C)C)[C@@H]12)C[C@@H]3O. The van der Waals surface area contributed by atoms with Crippen molar-refractivity contribution in [1.82, 2.24) is 0 Å². The number of hydrogen-bond donors (Lipinski definition) is 2. The molecule has 0 aliphatic carbocycles. The van der Waals surface area contributed by atoms with E-state index in [0.717, 1.165) is 0 Å². The standard InChI is InChI=1S/C19H26O7/c1-9(2)16(21)25-13-7-18(5)8-14(20)19(23,26-18)10(3)6-12-15(13)11(4)17(22)24-12/h6,9,12-15,20,23H,4,7-8H2,1-3,5H3/t12-,13-,14+,15+,18-,19+/m1/s1. The summed E-state index contributed by atoms with van der Waals surface area (Å²) in [6.07, 6.45) is -0.691. The van der Waals surface area contributed by atoms with Crippen LogP contribution < -0.4 is 0 Å². The fraction of sp³-hybridized carbons (Fsp3) is 0.684. The van der Waals surface area contributed by atoms with Gasteiger partial charge in [0.2, 0.25) is 5.79 Å². The van der Waals surface area contributed by atoms with Gasteiger partial charge in [0.25, 0.3) is 0 Å². The van der Waals surface area contributed by atoms with Gasteiger partial charge in [0.05, 0.1) is 17.4 Å². The van der Waals surface area contributed by atoms with Crippen molar-refractivity contribution < 1.29 is 34.0 Å². The van der Waals surface area contributed by atoms with Crippen molar-refractivity contribution in [2.75, 3.05) is 0 Å². The van der Waals surface area contributed by atoms with Crippen molar-refractivity contribution in [1.29, 1.82) is 0 Å². The third kappa shape index (κ3) is 2.98. The average Bonchev–Trinajstić information content (AvgIpc) is 2.92. The number of aliphatic hydroxyl groups is 2. The molecular weight excluding hydrogens is 340 g/mol. The molecule has 3 heterocycles. The number of rotatable bonds is 2. The summed E-state index contributed by atoms with van der Waals surface area (Å²) < 4.78 is 16.9. The molecule has 2 N–H and O–H groups in total. The molecule has 0 spiro atoms. The third-order valence-electron chi connectivity index (χ3n) is 5.49. The lowest BCUT2D eigenvalue weighted by Gasteiger charge is -2.33. The van der Waals surface area contributed by atoms with Gasteiger partial charge < -0.3 is 24.4 Å². The normalized spacial score (nSPS) is 42.5. The van der Waals surface area contributed by atoms with Gasteiger partial charge in [-0.25, -0.2) is 4.79 Å². The number of carbonyl (C=O) groups excluding carboxylic acids is 2. The first-order valence-corrected chi connectivity index (χ1v) is 8.86. The second-order valence-electron chi connectivity index (χ2n) is 8.07. The van der Waals surface area contributed by atoms with Gasteiger partial charge >= 0.3 is 11.9 Å². The highest BCUT2D eigenvalue weighted by atomic mass is 16.7. The Hall–Kier alpha value is -1.70. The quantitative estimate of drug-likeness (QED) is 0.430. The van der Waals surface area contributed by atoms with E-state index in [1.54, 1.807) is 33.8 Å². The molecule has 7 nitrogen and oxygen atoms in total. The number of fused-ring (bicyclic) bond motifs is 3. The van der Waals surface area contributed by atoms with Crippen molar-refractivity contribution in [3.05, 3.63) is 23.8 Å². The zero-order valence-corrected chi connectivity index (χ0v) is 15.5. The molecule has 26 heavy (non-hydrogen) atoms. The summed E-state index contributed by atoms with van der Waals surface area (Å²) in [6, 6.07) is 0. The van der Waals surface area contributed by atoms with E-state index in [-0.39, 0.29) is 24.3 Å². The summed E-state index contributed by atoms with van der Waals surface area (Å²) in [5.41, 5.74) is -0.358. The first-order valence-electron chi connectivity index (χ1n) is 8.86. The van der Waals surface area contributed by atoms with Crippen molar-refractivity contribution in [3.8, 4) is 0 Å².